The number of benzene rings is 1. The Hall–Kier alpha value is -2.07. The molecule has 4 nitrogen and oxygen atoms in total. The summed E-state index contributed by atoms with van der Waals surface area (Å²) in [5.74, 6) is 0.627. The molecule has 2 heterocycles. The van der Waals surface area contributed by atoms with E-state index in [1.165, 1.54) is 6.42 Å². The fourth-order valence-electron chi connectivity index (χ4n) is 2.81. The molecule has 0 bridgehead atoms. The molecule has 5 heteroatoms. The molecule has 1 amide bonds. The van der Waals surface area contributed by atoms with Crippen molar-refractivity contribution < 1.29 is 9.53 Å². The van der Waals surface area contributed by atoms with Crippen molar-refractivity contribution in [3.8, 4) is 5.75 Å². The third-order valence-electron chi connectivity index (χ3n) is 4.13. The van der Waals surface area contributed by atoms with Gasteiger partial charge >= 0.3 is 0 Å². The minimum absolute atomic E-state index is 0.00455. The number of aryl methyl sites for hydroxylation is 1. The fraction of sp³-hybridized carbons (Fsp3) is 0.368. The van der Waals surface area contributed by atoms with Crippen LogP contribution < -0.4 is 4.74 Å². The van der Waals surface area contributed by atoms with Crippen molar-refractivity contribution >= 4 is 17.5 Å². The van der Waals surface area contributed by atoms with Gasteiger partial charge in [-0.15, -0.1) is 0 Å². The monoisotopic (exact) mass is 344 g/mol. The number of hydrogen-bond donors (Lipinski definition) is 0. The lowest BCUT2D eigenvalue weighted by atomic mass is 10.1. The molecule has 1 fully saturated rings. The molecular weight excluding hydrogens is 324 g/mol. The number of pyridine rings is 1. The Bertz CT molecular complexity index is 727. The molecular formula is C19H21ClN2O2. The summed E-state index contributed by atoms with van der Waals surface area (Å²) in [6.07, 6.45) is 3.34. The lowest BCUT2D eigenvalue weighted by molar-refractivity contribution is 0.0718. The Labute approximate surface area is 147 Å². The lowest BCUT2D eigenvalue weighted by Crippen LogP contribution is -2.36. The summed E-state index contributed by atoms with van der Waals surface area (Å²) in [7, 11) is 0. The van der Waals surface area contributed by atoms with Crippen molar-refractivity contribution in [1.82, 2.24) is 9.88 Å². The molecule has 24 heavy (non-hydrogen) atoms. The number of nitrogens with zero attached hydrogens (tertiary/aromatic N) is 2. The summed E-state index contributed by atoms with van der Waals surface area (Å²) < 4.78 is 5.74. The number of rotatable bonds is 4. The Balaban J connectivity index is 1.67. The first kappa shape index (κ1) is 16.8. The van der Waals surface area contributed by atoms with Crippen LogP contribution in [0.3, 0.4) is 0 Å². The number of carbonyl (C=O) groups is 1. The zero-order valence-corrected chi connectivity index (χ0v) is 14.6. The number of aromatic nitrogens is 1. The first-order valence-electron chi connectivity index (χ1n) is 8.27. The van der Waals surface area contributed by atoms with Gasteiger partial charge in [0.1, 0.15) is 18.1 Å². The minimum atomic E-state index is 0.00455. The van der Waals surface area contributed by atoms with Crippen LogP contribution in [0.15, 0.2) is 36.4 Å². The van der Waals surface area contributed by atoms with Gasteiger partial charge in [-0.05, 0) is 56.0 Å². The topological polar surface area (TPSA) is 42.4 Å². The van der Waals surface area contributed by atoms with E-state index in [9.17, 15) is 4.79 Å². The smallest absolute Gasteiger partial charge is 0.272 e. The fourth-order valence-corrected chi connectivity index (χ4v) is 3.10. The molecule has 1 aromatic heterocycles. The summed E-state index contributed by atoms with van der Waals surface area (Å²) >= 11 is 6.17. The molecule has 1 aromatic carbocycles. The van der Waals surface area contributed by atoms with E-state index in [-0.39, 0.29) is 12.5 Å². The maximum Gasteiger partial charge on any atom is 0.272 e. The van der Waals surface area contributed by atoms with Gasteiger partial charge in [-0.2, -0.15) is 0 Å². The third kappa shape index (κ3) is 4.06. The van der Waals surface area contributed by atoms with Crippen LogP contribution in [0.2, 0.25) is 5.02 Å². The van der Waals surface area contributed by atoms with E-state index >= 15 is 0 Å². The third-order valence-corrected chi connectivity index (χ3v) is 4.43. The molecule has 3 rings (SSSR count). The van der Waals surface area contributed by atoms with Gasteiger partial charge in [-0.3, -0.25) is 4.79 Å². The lowest BCUT2D eigenvalue weighted by Gasteiger charge is -2.26. The van der Waals surface area contributed by atoms with E-state index in [2.05, 4.69) is 4.98 Å². The number of likely N-dealkylation sites (tertiary alicyclic amines) is 1. The molecule has 1 aliphatic rings. The molecule has 0 N–H and O–H groups in total. The van der Waals surface area contributed by atoms with E-state index in [4.69, 9.17) is 16.3 Å². The van der Waals surface area contributed by atoms with Gasteiger partial charge < -0.3 is 9.64 Å². The van der Waals surface area contributed by atoms with Crippen LogP contribution in [0.4, 0.5) is 0 Å². The van der Waals surface area contributed by atoms with Crippen molar-refractivity contribution in [2.75, 3.05) is 13.1 Å². The highest BCUT2D eigenvalue weighted by Crippen LogP contribution is 2.25. The van der Waals surface area contributed by atoms with Gasteiger partial charge in [-0.25, -0.2) is 4.98 Å². The van der Waals surface area contributed by atoms with Gasteiger partial charge in [0, 0.05) is 13.1 Å². The van der Waals surface area contributed by atoms with E-state index in [0.29, 0.717) is 16.5 Å². The number of ether oxygens (including phenoxy) is 1. The number of piperidine rings is 1. The Kier molecular flexibility index (Phi) is 5.36. The van der Waals surface area contributed by atoms with Crippen LogP contribution in [0.25, 0.3) is 0 Å². The Morgan fingerprint density at radius 2 is 2.00 bits per heavy atom. The van der Waals surface area contributed by atoms with Crippen molar-refractivity contribution in [3.05, 3.63) is 58.4 Å². The van der Waals surface area contributed by atoms with Crippen LogP contribution >= 0.6 is 11.6 Å². The van der Waals surface area contributed by atoms with Crippen LogP contribution in [0, 0.1) is 6.92 Å². The molecule has 1 saturated heterocycles. The number of hydrogen-bond acceptors (Lipinski definition) is 3. The summed E-state index contributed by atoms with van der Waals surface area (Å²) in [4.78, 5) is 18.9. The summed E-state index contributed by atoms with van der Waals surface area (Å²) in [6.45, 7) is 3.90. The minimum Gasteiger partial charge on any atom is -0.486 e. The standard InChI is InChI=1S/C19H21ClN2O2/c1-14-8-9-18(16(20)12-14)24-13-15-6-5-7-17(21-15)19(23)22-10-3-2-4-11-22/h5-9,12H,2-4,10-11,13H2,1H3. The largest absolute Gasteiger partial charge is 0.486 e. The molecule has 0 unspecified atom stereocenters. The van der Waals surface area contributed by atoms with E-state index in [0.717, 1.165) is 37.2 Å². The summed E-state index contributed by atoms with van der Waals surface area (Å²) in [5.41, 5.74) is 2.28. The Morgan fingerprint density at radius 1 is 1.21 bits per heavy atom. The average molecular weight is 345 g/mol. The van der Waals surface area contributed by atoms with E-state index < -0.39 is 0 Å². The maximum atomic E-state index is 12.5. The average Bonchev–Trinajstić information content (AvgIpc) is 2.61. The summed E-state index contributed by atoms with van der Waals surface area (Å²) in [5, 5.41) is 0.579. The van der Waals surface area contributed by atoms with E-state index in [1.807, 2.05) is 42.2 Å². The van der Waals surface area contributed by atoms with Gasteiger partial charge in [0.25, 0.3) is 5.91 Å². The zero-order chi connectivity index (χ0) is 16.9. The van der Waals surface area contributed by atoms with Crippen LogP contribution in [0.5, 0.6) is 5.75 Å². The highest BCUT2D eigenvalue weighted by molar-refractivity contribution is 6.32. The first-order valence-corrected chi connectivity index (χ1v) is 8.65. The molecule has 2 aromatic rings. The second-order valence-corrected chi connectivity index (χ2v) is 6.50. The SMILES string of the molecule is Cc1ccc(OCc2cccc(C(=O)N3CCCCC3)n2)c(Cl)c1. The first-order chi connectivity index (χ1) is 11.6. The zero-order valence-electron chi connectivity index (χ0n) is 13.8. The van der Waals surface area contributed by atoms with Gasteiger partial charge in [-0.1, -0.05) is 23.7 Å². The quantitative estimate of drug-likeness (QED) is 0.832. The second kappa shape index (κ2) is 7.67. The Morgan fingerprint density at radius 3 is 2.75 bits per heavy atom. The molecule has 0 atom stereocenters. The highest BCUT2D eigenvalue weighted by Gasteiger charge is 2.19. The molecule has 0 radical (unpaired) electrons. The highest BCUT2D eigenvalue weighted by atomic mass is 35.5. The van der Waals surface area contributed by atoms with Gasteiger partial charge in [0.05, 0.1) is 10.7 Å². The van der Waals surface area contributed by atoms with Crippen LogP contribution in [0.1, 0.15) is 41.0 Å². The van der Waals surface area contributed by atoms with Gasteiger partial charge in [0.2, 0.25) is 0 Å². The number of amides is 1. The maximum absolute atomic E-state index is 12.5. The molecule has 1 aliphatic heterocycles. The van der Waals surface area contributed by atoms with Crippen LogP contribution in [-0.4, -0.2) is 28.9 Å². The molecule has 126 valence electrons. The van der Waals surface area contributed by atoms with Crippen molar-refractivity contribution in [2.45, 2.75) is 32.8 Å². The van der Waals surface area contributed by atoms with E-state index in [1.54, 1.807) is 6.07 Å². The molecule has 0 spiro atoms. The summed E-state index contributed by atoms with van der Waals surface area (Å²) in [6, 6.07) is 11.1. The second-order valence-electron chi connectivity index (χ2n) is 6.09. The predicted octanol–water partition coefficient (Wildman–Crippen LogP) is 4.25. The predicted molar refractivity (Wildman–Crippen MR) is 94.5 cm³/mol. The number of halogens is 1. The van der Waals surface area contributed by atoms with Crippen molar-refractivity contribution in [3.63, 3.8) is 0 Å². The molecule has 0 saturated carbocycles. The molecule has 0 aliphatic carbocycles. The van der Waals surface area contributed by atoms with Crippen molar-refractivity contribution in [1.29, 1.82) is 0 Å². The van der Waals surface area contributed by atoms with Gasteiger partial charge in [0.15, 0.2) is 0 Å². The normalized spacial score (nSPS) is 14.5. The number of carbonyl (C=O) groups excluding carboxylic acids is 1. The van der Waals surface area contributed by atoms with Crippen LogP contribution in [-0.2, 0) is 6.61 Å². The van der Waals surface area contributed by atoms with Crippen molar-refractivity contribution in [2.24, 2.45) is 0 Å².